The van der Waals surface area contributed by atoms with Crippen LogP contribution < -0.4 is 10.6 Å². The molecule has 0 saturated carbocycles. The summed E-state index contributed by atoms with van der Waals surface area (Å²) < 4.78 is 0. The Bertz CT molecular complexity index is 702. The van der Waals surface area contributed by atoms with Gasteiger partial charge in [0.05, 0.1) is 11.0 Å². The van der Waals surface area contributed by atoms with E-state index in [0.29, 0.717) is 25.9 Å². The smallest absolute Gasteiger partial charge is 0.269 e. The van der Waals surface area contributed by atoms with Crippen LogP contribution in [0.1, 0.15) is 23.8 Å². The molecule has 0 bridgehead atoms. The summed E-state index contributed by atoms with van der Waals surface area (Å²) in [6.07, 6.45) is 1.12. The summed E-state index contributed by atoms with van der Waals surface area (Å²) in [4.78, 5) is 25.6. The van der Waals surface area contributed by atoms with E-state index < -0.39 is 4.92 Å². The van der Waals surface area contributed by atoms with Gasteiger partial charge >= 0.3 is 0 Å². The standard InChI is InChI=1S/C18H24N4O3S/c1-21(2)16(17-5-4-12-26-17)13-20-18(23)6-3-11-19-14-7-9-15(10-8-14)22(24)25/h4-5,7-10,12,16,19H,3,6,11,13H2,1-2H3,(H,20,23). The van der Waals surface area contributed by atoms with Crippen molar-refractivity contribution in [2.75, 3.05) is 32.5 Å². The number of rotatable bonds is 10. The van der Waals surface area contributed by atoms with E-state index >= 15 is 0 Å². The number of non-ortho nitro benzene ring substituents is 1. The molecule has 0 aliphatic carbocycles. The SMILES string of the molecule is CN(C)C(CNC(=O)CCCNc1ccc([N+](=O)[O-])cc1)c1cccs1. The van der Waals surface area contributed by atoms with E-state index in [2.05, 4.69) is 21.6 Å². The number of carbonyl (C=O) groups is 1. The van der Waals surface area contributed by atoms with Crippen LogP contribution in [-0.4, -0.2) is 42.9 Å². The van der Waals surface area contributed by atoms with Crippen LogP contribution in [0.15, 0.2) is 41.8 Å². The van der Waals surface area contributed by atoms with Crippen molar-refractivity contribution in [3.63, 3.8) is 0 Å². The largest absolute Gasteiger partial charge is 0.385 e. The second-order valence-corrected chi connectivity index (χ2v) is 7.11. The molecule has 1 heterocycles. The van der Waals surface area contributed by atoms with E-state index in [9.17, 15) is 14.9 Å². The van der Waals surface area contributed by atoms with Crippen LogP contribution in [-0.2, 0) is 4.79 Å². The Morgan fingerprint density at radius 3 is 2.58 bits per heavy atom. The van der Waals surface area contributed by atoms with Gasteiger partial charge in [-0.3, -0.25) is 14.9 Å². The molecule has 2 aromatic rings. The molecule has 8 heteroatoms. The third kappa shape index (κ3) is 6.12. The minimum Gasteiger partial charge on any atom is -0.385 e. The molecule has 0 radical (unpaired) electrons. The number of nitrogens with zero attached hydrogens (tertiary/aromatic N) is 2. The number of amides is 1. The molecule has 0 fully saturated rings. The Kier molecular flexibility index (Phi) is 7.55. The average molecular weight is 376 g/mol. The lowest BCUT2D eigenvalue weighted by Gasteiger charge is -2.23. The number of anilines is 1. The van der Waals surface area contributed by atoms with E-state index in [1.807, 2.05) is 25.5 Å². The second-order valence-electron chi connectivity index (χ2n) is 6.13. The van der Waals surface area contributed by atoms with Crippen LogP contribution in [0.2, 0.25) is 0 Å². The molecular formula is C18H24N4O3S. The Hall–Kier alpha value is -2.45. The van der Waals surface area contributed by atoms with Gasteiger partial charge in [0.25, 0.3) is 5.69 Å². The number of carbonyl (C=O) groups excluding carboxylic acids is 1. The summed E-state index contributed by atoms with van der Waals surface area (Å²) in [5.41, 5.74) is 0.873. The number of nitro benzene ring substituents is 1. The van der Waals surface area contributed by atoms with Crippen molar-refractivity contribution in [1.29, 1.82) is 0 Å². The molecule has 2 rings (SSSR count). The van der Waals surface area contributed by atoms with E-state index in [-0.39, 0.29) is 17.6 Å². The van der Waals surface area contributed by atoms with Crippen LogP contribution in [0.25, 0.3) is 0 Å². The second kappa shape index (κ2) is 9.88. The Morgan fingerprint density at radius 1 is 1.27 bits per heavy atom. The maximum atomic E-state index is 12.0. The Labute approximate surface area is 157 Å². The van der Waals surface area contributed by atoms with Crippen LogP contribution in [0.4, 0.5) is 11.4 Å². The third-order valence-corrected chi connectivity index (χ3v) is 4.95. The highest BCUT2D eigenvalue weighted by molar-refractivity contribution is 7.10. The molecule has 140 valence electrons. The van der Waals surface area contributed by atoms with Crippen molar-refractivity contribution < 1.29 is 9.72 Å². The predicted octanol–water partition coefficient (Wildman–Crippen LogP) is 3.27. The first-order valence-corrected chi connectivity index (χ1v) is 9.30. The number of hydrogen-bond donors (Lipinski definition) is 2. The minimum atomic E-state index is -0.425. The molecule has 0 spiro atoms. The zero-order valence-electron chi connectivity index (χ0n) is 15.0. The van der Waals surface area contributed by atoms with Crippen molar-refractivity contribution >= 4 is 28.6 Å². The number of thiophene rings is 1. The fourth-order valence-corrected chi connectivity index (χ4v) is 3.42. The van der Waals surface area contributed by atoms with Crippen LogP contribution in [0, 0.1) is 10.1 Å². The summed E-state index contributed by atoms with van der Waals surface area (Å²) in [5.74, 6) is 0.0268. The van der Waals surface area contributed by atoms with Crippen LogP contribution >= 0.6 is 11.3 Å². The van der Waals surface area contributed by atoms with Crippen molar-refractivity contribution in [2.24, 2.45) is 0 Å². The maximum absolute atomic E-state index is 12.0. The first-order chi connectivity index (χ1) is 12.5. The van der Waals surface area contributed by atoms with Crippen LogP contribution in [0.5, 0.6) is 0 Å². The fraction of sp³-hybridized carbons (Fsp3) is 0.389. The van der Waals surface area contributed by atoms with E-state index in [4.69, 9.17) is 0 Å². The quantitative estimate of drug-likeness (QED) is 0.377. The van der Waals surface area contributed by atoms with Gasteiger partial charge in [-0.1, -0.05) is 6.07 Å². The normalized spacial score (nSPS) is 12.0. The Balaban J connectivity index is 1.67. The summed E-state index contributed by atoms with van der Waals surface area (Å²) >= 11 is 1.69. The third-order valence-electron chi connectivity index (χ3n) is 3.98. The summed E-state index contributed by atoms with van der Waals surface area (Å²) in [7, 11) is 4.01. The first kappa shape index (κ1) is 19.9. The summed E-state index contributed by atoms with van der Waals surface area (Å²) in [5, 5.41) is 18.8. The molecule has 0 saturated heterocycles. The molecule has 1 aromatic carbocycles. The van der Waals surface area contributed by atoms with Crippen molar-refractivity contribution in [3.05, 3.63) is 56.8 Å². The van der Waals surface area contributed by atoms with Gasteiger partial charge in [0.1, 0.15) is 0 Å². The number of nitrogens with one attached hydrogen (secondary N) is 2. The molecule has 1 atom stereocenters. The van der Waals surface area contributed by atoms with E-state index in [1.54, 1.807) is 23.5 Å². The van der Waals surface area contributed by atoms with Gasteiger partial charge in [0.2, 0.25) is 5.91 Å². The van der Waals surface area contributed by atoms with Crippen molar-refractivity contribution in [2.45, 2.75) is 18.9 Å². The monoisotopic (exact) mass is 376 g/mol. The topological polar surface area (TPSA) is 87.5 Å². The van der Waals surface area contributed by atoms with Gasteiger partial charge in [-0.05, 0) is 44.1 Å². The highest BCUT2D eigenvalue weighted by atomic mass is 32.1. The fourth-order valence-electron chi connectivity index (χ4n) is 2.50. The molecule has 7 nitrogen and oxygen atoms in total. The first-order valence-electron chi connectivity index (χ1n) is 8.42. The molecule has 2 N–H and O–H groups in total. The number of nitro groups is 1. The number of likely N-dealkylation sites (N-methyl/N-ethyl adjacent to an activating group) is 1. The van der Waals surface area contributed by atoms with Crippen molar-refractivity contribution in [1.82, 2.24) is 10.2 Å². The maximum Gasteiger partial charge on any atom is 0.269 e. The molecular weight excluding hydrogens is 352 g/mol. The molecule has 1 unspecified atom stereocenters. The predicted molar refractivity (Wildman–Crippen MR) is 105 cm³/mol. The van der Waals surface area contributed by atoms with Gasteiger partial charge in [-0.2, -0.15) is 0 Å². The van der Waals surface area contributed by atoms with Gasteiger partial charge in [0, 0.05) is 42.2 Å². The van der Waals surface area contributed by atoms with Crippen LogP contribution in [0.3, 0.4) is 0 Å². The highest BCUT2D eigenvalue weighted by Gasteiger charge is 2.15. The lowest BCUT2D eigenvalue weighted by Crippen LogP contribution is -2.34. The molecule has 1 aromatic heterocycles. The number of hydrogen-bond acceptors (Lipinski definition) is 6. The van der Waals surface area contributed by atoms with Gasteiger partial charge in [-0.15, -0.1) is 11.3 Å². The molecule has 0 aliphatic heterocycles. The summed E-state index contributed by atoms with van der Waals surface area (Å²) in [6, 6.07) is 10.5. The lowest BCUT2D eigenvalue weighted by molar-refractivity contribution is -0.384. The minimum absolute atomic E-state index is 0.0268. The van der Waals surface area contributed by atoms with Crippen molar-refractivity contribution in [3.8, 4) is 0 Å². The zero-order chi connectivity index (χ0) is 18.9. The lowest BCUT2D eigenvalue weighted by atomic mass is 10.2. The average Bonchev–Trinajstić information content (AvgIpc) is 3.13. The van der Waals surface area contributed by atoms with Gasteiger partial charge in [0.15, 0.2) is 0 Å². The van der Waals surface area contributed by atoms with Gasteiger partial charge < -0.3 is 15.5 Å². The summed E-state index contributed by atoms with van der Waals surface area (Å²) in [6.45, 7) is 1.22. The molecule has 1 amide bonds. The highest BCUT2D eigenvalue weighted by Crippen LogP contribution is 2.22. The van der Waals surface area contributed by atoms with Gasteiger partial charge in [-0.25, -0.2) is 0 Å². The van der Waals surface area contributed by atoms with E-state index in [1.165, 1.54) is 17.0 Å². The Morgan fingerprint density at radius 2 is 2.00 bits per heavy atom. The zero-order valence-corrected chi connectivity index (χ0v) is 15.8. The molecule has 26 heavy (non-hydrogen) atoms. The number of benzene rings is 1. The molecule has 0 aliphatic rings. The van der Waals surface area contributed by atoms with E-state index in [0.717, 1.165) is 5.69 Å².